The Bertz CT molecular complexity index is 933. The van der Waals surface area contributed by atoms with Crippen LogP contribution in [0.2, 0.25) is 0 Å². The molecule has 11 heteroatoms. The van der Waals surface area contributed by atoms with Crippen LogP contribution in [0.15, 0.2) is 29.2 Å². The lowest BCUT2D eigenvalue weighted by atomic mass is 10.1. The minimum Gasteiger partial charge on any atom is -0.489 e. The molecule has 1 saturated heterocycles. The Morgan fingerprint density at radius 2 is 2.04 bits per heavy atom. The fourth-order valence-electron chi connectivity index (χ4n) is 3.14. The lowest BCUT2D eigenvalue weighted by Crippen LogP contribution is -2.36. The van der Waals surface area contributed by atoms with E-state index in [0.29, 0.717) is 17.2 Å². The molecule has 28 heavy (non-hydrogen) atoms. The number of nitrogens with one attached hydrogen (secondary N) is 1. The van der Waals surface area contributed by atoms with Gasteiger partial charge in [0.25, 0.3) is 0 Å². The largest absolute Gasteiger partial charge is 0.489 e. The molecule has 0 spiro atoms. The van der Waals surface area contributed by atoms with Crippen molar-refractivity contribution >= 4 is 11.5 Å². The van der Waals surface area contributed by atoms with E-state index in [9.17, 15) is 20.1 Å². The summed E-state index contributed by atoms with van der Waals surface area (Å²) in [5.41, 5.74) is -0.289. The molecule has 0 bridgehead atoms. The predicted molar refractivity (Wildman–Crippen MR) is 93.9 cm³/mol. The third kappa shape index (κ3) is 3.08. The summed E-state index contributed by atoms with van der Waals surface area (Å²) < 4.78 is 17.6. The third-order valence-corrected chi connectivity index (χ3v) is 4.51. The van der Waals surface area contributed by atoms with Crippen LogP contribution in [0.3, 0.4) is 0 Å². The van der Waals surface area contributed by atoms with Crippen molar-refractivity contribution in [3.05, 3.63) is 34.9 Å². The molecule has 11 nitrogen and oxygen atoms in total. The molecule has 0 saturated carbocycles. The maximum atomic E-state index is 12.5. The summed E-state index contributed by atoms with van der Waals surface area (Å²) >= 11 is 0. The Kier molecular flexibility index (Phi) is 4.91. The van der Waals surface area contributed by atoms with Gasteiger partial charge < -0.3 is 40.0 Å². The van der Waals surface area contributed by atoms with Crippen molar-refractivity contribution in [1.82, 2.24) is 9.55 Å². The van der Waals surface area contributed by atoms with Crippen molar-refractivity contribution in [2.24, 2.45) is 0 Å². The van der Waals surface area contributed by atoms with E-state index < -0.39 is 36.8 Å². The Labute approximate surface area is 158 Å². The van der Waals surface area contributed by atoms with Crippen LogP contribution in [-0.4, -0.2) is 68.1 Å². The summed E-state index contributed by atoms with van der Waals surface area (Å²) in [5, 5.41) is 41.2. The molecular formula is C17H19N3O8. The number of hydrogen-bond donors (Lipinski definition) is 5. The first-order chi connectivity index (χ1) is 13.5. The van der Waals surface area contributed by atoms with Crippen LogP contribution in [-0.2, 0) is 4.74 Å². The number of nitrogens with zero attached hydrogens (tertiary/aromatic N) is 2. The summed E-state index contributed by atoms with van der Waals surface area (Å²) in [7, 11) is 0. The highest BCUT2D eigenvalue weighted by Crippen LogP contribution is 2.45. The van der Waals surface area contributed by atoms with Gasteiger partial charge in [0.2, 0.25) is 0 Å². The smallest absolute Gasteiger partial charge is 0.351 e. The van der Waals surface area contributed by atoms with Crippen LogP contribution in [0.5, 0.6) is 17.2 Å². The van der Waals surface area contributed by atoms with Crippen LogP contribution < -0.4 is 20.5 Å². The number of fused-ring (bicyclic) bond motifs is 2. The lowest BCUT2D eigenvalue weighted by molar-refractivity contribution is -0.0551. The second-order valence-corrected chi connectivity index (χ2v) is 6.30. The number of benzene rings is 1. The van der Waals surface area contributed by atoms with Crippen molar-refractivity contribution in [1.29, 1.82) is 0 Å². The zero-order chi connectivity index (χ0) is 19.8. The standard InChI is InChI=1S/C17H19N3O8/c21-4-5-26-8-2-1-3-9-12(8)18-15-10(27-9)6-20(17(25)19-15)16-14(24)13(23)11(7-22)28-16/h1-3,6,11,13-14,16,21-24H,4-5,7H2,(H,18,19,25)/t11-,13-,14-,16-/m1/s1. The molecule has 0 aliphatic carbocycles. The first kappa shape index (κ1) is 18.7. The average molecular weight is 393 g/mol. The van der Waals surface area contributed by atoms with Crippen LogP contribution >= 0.6 is 0 Å². The highest BCUT2D eigenvalue weighted by Gasteiger charge is 2.44. The van der Waals surface area contributed by atoms with Crippen molar-refractivity contribution in [2.75, 3.05) is 25.1 Å². The molecule has 150 valence electrons. The predicted octanol–water partition coefficient (Wildman–Crippen LogP) is -0.925. The highest BCUT2D eigenvalue weighted by atomic mass is 16.6. The molecular weight excluding hydrogens is 374 g/mol. The fraction of sp³-hybridized carbons (Fsp3) is 0.412. The van der Waals surface area contributed by atoms with E-state index in [4.69, 9.17) is 19.3 Å². The fourth-order valence-corrected chi connectivity index (χ4v) is 3.14. The third-order valence-electron chi connectivity index (χ3n) is 4.51. The number of para-hydroxylation sites is 1. The van der Waals surface area contributed by atoms with Gasteiger partial charge >= 0.3 is 5.69 Å². The van der Waals surface area contributed by atoms with E-state index in [0.717, 1.165) is 4.57 Å². The molecule has 3 heterocycles. The lowest BCUT2D eigenvalue weighted by Gasteiger charge is -2.24. The zero-order valence-corrected chi connectivity index (χ0v) is 14.6. The number of rotatable bonds is 5. The Balaban J connectivity index is 1.67. The highest BCUT2D eigenvalue weighted by molar-refractivity contribution is 5.77. The van der Waals surface area contributed by atoms with Crippen LogP contribution in [0, 0.1) is 0 Å². The van der Waals surface area contributed by atoms with Crippen molar-refractivity contribution in [3.8, 4) is 17.2 Å². The molecule has 5 N–H and O–H groups in total. The van der Waals surface area contributed by atoms with E-state index in [1.165, 1.54) is 6.20 Å². The summed E-state index contributed by atoms with van der Waals surface area (Å²) in [5.74, 6) is 1.17. The quantitative estimate of drug-likeness (QED) is 0.367. The molecule has 2 aromatic rings. The molecule has 1 fully saturated rings. The molecule has 0 radical (unpaired) electrons. The molecule has 0 amide bonds. The van der Waals surface area contributed by atoms with E-state index in [2.05, 4.69) is 10.3 Å². The summed E-state index contributed by atoms with van der Waals surface area (Å²) in [4.78, 5) is 16.4. The first-order valence-corrected chi connectivity index (χ1v) is 8.60. The van der Waals surface area contributed by atoms with Gasteiger partial charge in [-0.3, -0.25) is 4.57 Å². The van der Waals surface area contributed by atoms with E-state index in [1.807, 2.05) is 0 Å². The van der Waals surface area contributed by atoms with Gasteiger partial charge in [-0.1, -0.05) is 6.07 Å². The van der Waals surface area contributed by atoms with E-state index in [-0.39, 0.29) is 24.8 Å². The second kappa shape index (κ2) is 7.37. The van der Waals surface area contributed by atoms with Crippen molar-refractivity contribution in [3.63, 3.8) is 0 Å². The minimum atomic E-state index is -1.42. The average Bonchev–Trinajstić information content (AvgIpc) is 2.98. The maximum Gasteiger partial charge on any atom is 0.351 e. The molecule has 2 aliphatic heterocycles. The van der Waals surface area contributed by atoms with Gasteiger partial charge in [-0.25, -0.2) is 4.79 Å². The number of aliphatic hydroxyl groups excluding tert-OH is 4. The van der Waals surface area contributed by atoms with Gasteiger partial charge in [-0.15, -0.1) is 0 Å². The van der Waals surface area contributed by atoms with Gasteiger partial charge in [0.05, 0.1) is 19.4 Å². The summed E-state index contributed by atoms with van der Waals surface area (Å²) in [6.07, 6.45) is -3.70. The van der Waals surface area contributed by atoms with Crippen LogP contribution in [0.1, 0.15) is 6.23 Å². The Hall–Kier alpha value is -2.70. The SMILES string of the molecule is O=c1nc2c(cn1[C@@H]1O[C@H](CO)[C@@H](O)[C@H]1O)Oc1cccc(OCCO)c1N2. The van der Waals surface area contributed by atoms with E-state index >= 15 is 0 Å². The molecule has 2 aliphatic rings. The van der Waals surface area contributed by atoms with Gasteiger partial charge in [0.1, 0.15) is 36.4 Å². The number of hydrogen-bond acceptors (Lipinski definition) is 10. The monoisotopic (exact) mass is 393 g/mol. The summed E-state index contributed by atoms with van der Waals surface area (Å²) in [6.45, 7) is -0.580. The van der Waals surface area contributed by atoms with E-state index in [1.54, 1.807) is 18.2 Å². The van der Waals surface area contributed by atoms with Gasteiger partial charge in [0.15, 0.2) is 23.5 Å². The number of aliphatic hydroxyl groups is 4. The Morgan fingerprint density at radius 1 is 1.21 bits per heavy atom. The summed E-state index contributed by atoms with van der Waals surface area (Å²) in [6, 6.07) is 5.06. The van der Waals surface area contributed by atoms with Crippen molar-refractivity contribution < 1.29 is 34.6 Å². The van der Waals surface area contributed by atoms with Gasteiger partial charge in [0, 0.05) is 0 Å². The molecule has 1 aromatic heterocycles. The number of anilines is 2. The molecule has 0 unspecified atom stereocenters. The van der Waals surface area contributed by atoms with Crippen LogP contribution in [0.25, 0.3) is 0 Å². The maximum absolute atomic E-state index is 12.5. The normalized spacial score (nSPS) is 25.4. The van der Waals surface area contributed by atoms with Gasteiger partial charge in [-0.05, 0) is 12.1 Å². The van der Waals surface area contributed by atoms with Crippen LogP contribution in [0.4, 0.5) is 11.5 Å². The van der Waals surface area contributed by atoms with Crippen molar-refractivity contribution in [2.45, 2.75) is 24.5 Å². The first-order valence-electron chi connectivity index (χ1n) is 8.60. The molecule has 1 aromatic carbocycles. The molecule has 4 rings (SSSR count). The number of aromatic nitrogens is 2. The number of ether oxygens (including phenoxy) is 3. The van der Waals surface area contributed by atoms with Gasteiger partial charge in [-0.2, -0.15) is 4.98 Å². The minimum absolute atomic E-state index is 0.0886. The molecule has 4 atom stereocenters. The topological polar surface area (TPSA) is 156 Å². The zero-order valence-electron chi connectivity index (χ0n) is 14.6. The second-order valence-electron chi connectivity index (χ2n) is 6.30. The Morgan fingerprint density at radius 3 is 2.75 bits per heavy atom.